The summed E-state index contributed by atoms with van der Waals surface area (Å²) in [6, 6.07) is 3.57. The van der Waals surface area contributed by atoms with Crippen LogP contribution in [0.4, 0.5) is 11.8 Å². The van der Waals surface area contributed by atoms with Crippen LogP contribution in [-0.2, 0) is 4.74 Å². The predicted octanol–water partition coefficient (Wildman–Crippen LogP) is 1.63. The molecule has 2 aromatic rings. The average molecular weight is 359 g/mol. The lowest BCUT2D eigenvalue weighted by Crippen LogP contribution is -2.58. The molecule has 0 aromatic carbocycles. The SMILES string of the molecule is Nc1ccnc(N2CCOC3(CCN(C(=O)c4ccsc4)CC3)C2)n1. The van der Waals surface area contributed by atoms with Gasteiger partial charge in [-0.05, 0) is 30.4 Å². The minimum atomic E-state index is -0.238. The Morgan fingerprint density at radius 2 is 2.12 bits per heavy atom. The summed E-state index contributed by atoms with van der Waals surface area (Å²) in [5.74, 6) is 1.24. The third kappa shape index (κ3) is 3.32. The summed E-state index contributed by atoms with van der Waals surface area (Å²) in [6.07, 6.45) is 3.32. The molecule has 2 saturated heterocycles. The number of nitrogens with two attached hydrogens (primary N) is 1. The maximum atomic E-state index is 12.5. The number of rotatable bonds is 2. The third-order valence-corrected chi connectivity index (χ3v) is 5.61. The van der Waals surface area contributed by atoms with Gasteiger partial charge in [-0.3, -0.25) is 4.79 Å². The second-order valence-electron chi connectivity index (χ2n) is 6.54. The zero-order valence-corrected chi connectivity index (χ0v) is 14.7. The number of hydrogen-bond donors (Lipinski definition) is 1. The largest absolute Gasteiger partial charge is 0.384 e. The molecular weight excluding hydrogens is 338 g/mol. The average Bonchev–Trinajstić information content (AvgIpc) is 3.17. The molecule has 2 N–H and O–H groups in total. The van der Waals surface area contributed by atoms with Gasteiger partial charge in [0.1, 0.15) is 5.82 Å². The van der Waals surface area contributed by atoms with E-state index in [1.54, 1.807) is 23.6 Å². The molecule has 2 aromatic heterocycles. The maximum Gasteiger partial charge on any atom is 0.254 e. The molecule has 0 bridgehead atoms. The topological polar surface area (TPSA) is 84.6 Å². The minimum absolute atomic E-state index is 0.114. The number of likely N-dealkylation sites (tertiary alicyclic amines) is 1. The van der Waals surface area contributed by atoms with Gasteiger partial charge in [0.05, 0.1) is 24.3 Å². The van der Waals surface area contributed by atoms with Crippen molar-refractivity contribution < 1.29 is 9.53 Å². The monoisotopic (exact) mass is 359 g/mol. The van der Waals surface area contributed by atoms with Crippen molar-refractivity contribution in [2.24, 2.45) is 0 Å². The molecule has 2 fully saturated rings. The molecule has 0 saturated carbocycles. The van der Waals surface area contributed by atoms with E-state index in [1.165, 1.54) is 0 Å². The predicted molar refractivity (Wildman–Crippen MR) is 96.8 cm³/mol. The number of carbonyl (C=O) groups excluding carboxylic acids is 1. The van der Waals surface area contributed by atoms with E-state index in [2.05, 4.69) is 14.9 Å². The van der Waals surface area contributed by atoms with E-state index in [1.807, 2.05) is 21.7 Å². The van der Waals surface area contributed by atoms with Gasteiger partial charge in [0.25, 0.3) is 5.91 Å². The molecule has 1 amide bonds. The highest BCUT2D eigenvalue weighted by Gasteiger charge is 2.41. The Morgan fingerprint density at radius 1 is 1.28 bits per heavy atom. The first-order valence-electron chi connectivity index (χ1n) is 8.44. The fourth-order valence-electron chi connectivity index (χ4n) is 3.52. The highest BCUT2D eigenvalue weighted by Crippen LogP contribution is 2.32. The van der Waals surface area contributed by atoms with Gasteiger partial charge in [0.15, 0.2) is 0 Å². The molecule has 4 heterocycles. The van der Waals surface area contributed by atoms with Crippen LogP contribution < -0.4 is 10.6 Å². The van der Waals surface area contributed by atoms with Gasteiger partial charge < -0.3 is 20.3 Å². The molecule has 8 heteroatoms. The second-order valence-corrected chi connectivity index (χ2v) is 7.32. The van der Waals surface area contributed by atoms with Crippen molar-refractivity contribution in [3.05, 3.63) is 34.7 Å². The Bertz CT molecular complexity index is 743. The van der Waals surface area contributed by atoms with Gasteiger partial charge >= 0.3 is 0 Å². The van der Waals surface area contributed by atoms with Crippen LogP contribution in [0, 0.1) is 0 Å². The van der Waals surface area contributed by atoms with Crippen LogP contribution in [0.2, 0.25) is 0 Å². The number of nitrogens with zero attached hydrogens (tertiary/aromatic N) is 4. The van der Waals surface area contributed by atoms with Gasteiger partial charge in [-0.1, -0.05) is 0 Å². The van der Waals surface area contributed by atoms with Crippen LogP contribution in [0.1, 0.15) is 23.2 Å². The summed E-state index contributed by atoms with van der Waals surface area (Å²) >= 11 is 1.55. The summed E-state index contributed by atoms with van der Waals surface area (Å²) < 4.78 is 6.14. The molecule has 4 rings (SSSR count). The summed E-state index contributed by atoms with van der Waals surface area (Å²) in [7, 11) is 0. The van der Waals surface area contributed by atoms with Crippen LogP contribution >= 0.6 is 11.3 Å². The lowest BCUT2D eigenvalue weighted by Gasteiger charge is -2.47. The number of ether oxygens (including phenoxy) is 1. The lowest BCUT2D eigenvalue weighted by molar-refractivity contribution is -0.0871. The zero-order valence-electron chi connectivity index (χ0n) is 13.9. The Balaban J connectivity index is 1.42. The van der Waals surface area contributed by atoms with Crippen molar-refractivity contribution >= 4 is 29.0 Å². The van der Waals surface area contributed by atoms with E-state index in [4.69, 9.17) is 10.5 Å². The molecule has 7 nitrogen and oxygen atoms in total. The summed E-state index contributed by atoms with van der Waals surface area (Å²) in [5.41, 5.74) is 6.32. The van der Waals surface area contributed by atoms with Crippen molar-refractivity contribution in [2.75, 3.05) is 43.4 Å². The molecule has 1 spiro atoms. The van der Waals surface area contributed by atoms with Gasteiger partial charge in [-0.2, -0.15) is 16.3 Å². The summed E-state index contributed by atoms with van der Waals surface area (Å²) in [5, 5.41) is 3.84. The number of nitrogen functional groups attached to an aromatic ring is 1. The summed E-state index contributed by atoms with van der Waals surface area (Å²) in [6.45, 7) is 3.54. The molecule has 2 aliphatic heterocycles. The summed E-state index contributed by atoms with van der Waals surface area (Å²) in [4.78, 5) is 25.2. The Hall–Kier alpha value is -2.19. The normalized spacial score (nSPS) is 20.0. The third-order valence-electron chi connectivity index (χ3n) is 4.93. The van der Waals surface area contributed by atoms with Crippen LogP contribution in [0.25, 0.3) is 0 Å². The van der Waals surface area contributed by atoms with Crippen LogP contribution in [0.5, 0.6) is 0 Å². The molecule has 2 aliphatic rings. The molecule has 0 radical (unpaired) electrons. The van der Waals surface area contributed by atoms with E-state index < -0.39 is 0 Å². The molecule has 25 heavy (non-hydrogen) atoms. The van der Waals surface area contributed by atoms with Crippen molar-refractivity contribution in [1.82, 2.24) is 14.9 Å². The van der Waals surface area contributed by atoms with Crippen LogP contribution in [0.3, 0.4) is 0 Å². The molecular formula is C17H21N5O2S. The number of morpholine rings is 1. The quantitative estimate of drug-likeness (QED) is 0.877. The second kappa shape index (κ2) is 6.61. The van der Waals surface area contributed by atoms with E-state index in [9.17, 15) is 4.79 Å². The number of amides is 1. The number of carbonyl (C=O) groups is 1. The number of thiophene rings is 1. The Morgan fingerprint density at radius 3 is 2.84 bits per heavy atom. The maximum absolute atomic E-state index is 12.5. The number of anilines is 2. The first kappa shape index (κ1) is 16.3. The molecule has 0 atom stereocenters. The van der Waals surface area contributed by atoms with Crippen molar-refractivity contribution in [3.63, 3.8) is 0 Å². The minimum Gasteiger partial charge on any atom is -0.384 e. The molecule has 132 valence electrons. The fourth-order valence-corrected chi connectivity index (χ4v) is 4.15. The van der Waals surface area contributed by atoms with Crippen molar-refractivity contribution in [1.29, 1.82) is 0 Å². The zero-order chi connectivity index (χ0) is 17.3. The fraction of sp³-hybridized carbons (Fsp3) is 0.471. The van der Waals surface area contributed by atoms with Crippen molar-refractivity contribution in [2.45, 2.75) is 18.4 Å². The van der Waals surface area contributed by atoms with Gasteiger partial charge in [0.2, 0.25) is 5.95 Å². The standard InChI is InChI=1S/C17H21N5O2S/c18-14-1-5-19-16(20-14)22-8-9-24-17(12-22)3-6-21(7-4-17)15(23)13-2-10-25-11-13/h1-2,5,10-11H,3-4,6-9,12H2,(H2,18,19,20). The number of piperidine rings is 1. The van der Waals surface area contributed by atoms with Gasteiger partial charge in [-0.25, -0.2) is 4.98 Å². The Kier molecular flexibility index (Phi) is 4.30. The molecule has 0 aliphatic carbocycles. The smallest absolute Gasteiger partial charge is 0.254 e. The highest BCUT2D eigenvalue weighted by molar-refractivity contribution is 7.08. The van der Waals surface area contributed by atoms with E-state index in [0.717, 1.165) is 31.5 Å². The molecule has 0 unspecified atom stereocenters. The lowest BCUT2D eigenvalue weighted by atomic mass is 9.89. The van der Waals surface area contributed by atoms with Crippen molar-refractivity contribution in [3.8, 4) is 0 Å². The van der Waals surface area contributed by atoms with E-state index in [-0.39, 0.29) is 11.5 Å². The van der Waals surface area contributed by atoms with E-state index in [0.29, 0.717) is 31.5 Å². The number of aromatic nitrogens is 2. The first-order valence-corrected chi connectivity index (χ1v) is 9.38. The Labute approximate surface area is 150 Å². The highest BCUT2D eigenvalue weighted by atomic mass is 32.1. The van der Waals surface area contributed by atoms with Crippen LogP contribution in [0.15, 0.2) is 29.1 Å². The van der Waals surface area contributed by atoms with Crippen LogP contribution in [-0.4, -0.2) is 59.2 Å². The van der Waals surface area contributed by atoms with E-state index >= 15 is 0 Å². The van der Waals surface area contributed by atoms with Gasteiger partial charge in [0, 0.05) is 31.2 Å². The number of hydrogen-bond acceptors (Lipinski definition) is 7. The first-order chi connectivity index (χ1) is 12.2. The van der Waals surface area contributed by atoms with Gasteiger partial charge in [-0.15, -0.1) is 0 Å².